The lowest BCUT2D eigenvalue weighted by Crippen LogP contribution is -2.46. The number of carbonyl (C=O) groups excluding carboxylic acids is 1. The van der Waals surface area contributed by atoms with Gasteiger partial charge in [-0.3, -0.25) is 4.79 Å². The summed E-state index contributed by atoms with van der Waals surface area (Å²) in [5.41, 5.74) is 9.32. The lowest BCUT2D eigenvalue weighted by atomic mass is 10.0. The Morgan fingerprint density at radius 3 is 2.44 bits per heavy atom. The zero-order valence-corrected chi connectivity index (χ0v) is 22.3. The van der Waals surface area contributed by atoms with E-state index in [1.807, 2.05) is 61.5 Å². The van der Waals surface area contributed by atoms with Crippen molar-refractivity contribution in [2.45, 2.75) is 43.7 Å². The van der Waals surface area contributed by atoms with Crippen LogP contribution < -0.4 is 5.73 Å². The van der Waals surface area contributed by atoms with E-state index >= 15 is 0 Å². The van der Waals surface area contributed by atoms with Gasteiger partial charge in [0.1, 0.15) is 11.6 Å². The number of hydrogen-bond donors (Lipinski definition) is 2. The molecule has 0 spiro atoms. The number of rotatable bonds is 12. The summed E-state index contributed by atoms with van der Waals surface area (Å²) in [6.07, 6.45) is -0.244. The second kappa shape index (κ2) is 13.5. The fourth-order valence-electron chi connectivity index (χ4n) is 4.10. The number of aryl methyl sites for hydroxylation is 1. The van der Waals surface area contributed by atoms with Gasteiger partial charge in [-0.2, -0.15) is 0 Å². The molecular weight excluding hydrogens is 522 g/mol. The number of benzene rings is 3. The summed E-state index contributed by atoms with van der Waals surface area (Å²) in [6.45, 7) is 2.24. The van der Waals surface area contributed by atoms with E-state index in [4.69, 9.17) is 10.2 Å². The molecule has 0 saturated heterocycles. The van der Waals surface area contributed by atoms with Crippen LogP contribution in [-0.2, 0) is 24.2 Å². The van der Waals surface area contributed by atoms with Crippen LogP contribution >= 0.6 is 11.8 Å². The summed E-state index contributed by atoms with van der Waals surface area (Å²) in [5, 5.41) is 19.2. The van der Waals surface area contributed by atoms with Crippen LogP contribution in [-0.4, -0.2) is 50.6 Å². The van der Waals surface area contributed by atoms with Crippen LogP contribution in [0.3, 0.4) is 0 Å². The molecule has 204 valence electrons. The van der Waals surface area contributed by atoms with Gasteiger partial charge in [-0.05, 0) is 53.8 Å². The Morgan fingerprint density at radius 1 is 1.00 bits per heavy atom. The molecule has 2 atom stereocenters. The fraction of sp³-hybridized carbons (Fsp3) is 0.276. The lowest BCUT2D eigenvalue weighted by Gasteiger charge is -2.28. The van der Waals surface area contributed by atoms with Gasteiger partial charge in [0, 0.05) is 30.8 Å². The average Bonchev–Trinajstić information content (AvgIpc) is 3.40. The molecule has 10 heteroatoms. The summed E-state index contributed by atoms with van der Waals surface area (Å²) in [5.74, 6) is -1.33. The monoisotopic (exact) mass is 552 g/mol. The van der Waals surface area contributed by atoms with Gasteiger partial charge in [0.2, 0.25) is 11.8 Å². The van der Waals surface area contributed by atoms with Gasteiger partial charge < -0.3 is 20.2 Å². The maximum Gasteiger partial charge on any atom is 0.277 e. The zero-order chi connectivity index (χ0) is 27.8. The van der Waals surface area contributed by atoms with E-state index in [-0.39, 0.29) is 36.4 Å². The smallest absolute Gasteiger partial charge is 0.277 e. The average molecular weight is 553 g/mol. The van der Waals surface area contributed by atoms with Crippen LogP contribution in [0, 0.1) is 11.6 Å². The molecule has 3 aromatic carbocycles. The van der Waals surface area contributed by atoms with Crippen molar-refractivity contribution in [2.75, 3.05) is 12.3 Å². The highest BCUT2D eigenvalue weighted by Crippen LogP contribution is 2.23. The number of carbonyl (C=O) groups is 1. The van der Waals surface area contributed by atoms with Crippen molar-refractivity contribution >= 4 is 17.7 Å². The van der Waals surface area contributed by atoms with Crippen LogP contribution in [0.1, 0.15) is 23.6 Å². The van der Waals surface area contributed by atoms with E-state index in [0.29, 0.717) is 11.5 Å². The largest absolute Gasteiger partial charge is 0.411 e. The van der Waals surface area contributed by atoms with E-state index in [0.717, 1.165) is 40.9 Å². The molecule has 0 aliphatic carbocycles. The molecule has 1 heterocycles. The minimum Gasteiger partial charge on any atom is -0.411 e. The van der Waals surface area contributed by atoms with Gasteiger partial charge in [0.05, 0.1) is 11.9 Å². The van der Waals surface area contributed by atoms with E-state index < -0.39 is 23.8 Å². The highest BCUT2D eigenvalue weighted by Gasteiger charge is 2.24. The van der Waals surface area contributed by atoms with Crippen LogP contribution in [0.2, 0.25) is 0 Å². The number of halogens is 2. The highest BCUT2D eigenvalue weighted by atomic mass is 32.2. The number of aliphatic hydroxyl groups excluding tert-OH is 1. The molecular formula is C29H30F2N4O3S. The standard InChI is InChI=1S/C29H30F2N4O3S/c1-2-19-7-6-8-20(11-19)16-35(17-26(36)25(32)14-21-12-23(30)15-24(31)13-21)27(37)18-39-29-34-33-28(38-29)22-9-4-3-5-10-22/h3-13,15,25-26,36H,2,14,16-18,32H2,1H3. The van der Waals surface area contributed by atoms with Gasteiger partial charge >= 0.3 is 0 Å². The number of nitrogens with zero attached hydrogens (tertiary/aromatic N) is 3. The molecule has 4 rings (SSSR count). The summed E-state index contributed by atoms with van der Waals surface area (Å²) in [6, 6.07) is 19.5. The van der Waals surface area contributed by atoms with Crippen molar-refractivity contribution in [3.05, 3.63) is 101 Å². The molecule has 4 aromatic rings. The van der Waals surface area contributed by atoms with Crippen molar-refractivity contribution in [1.82, 2.24) is 15.1 Å². The van der Waals surface area contributed by atoms with E-state index in [1.54, 1.807) is 0 Å². The van der Waals surface area contributed by atoms with Crippen molar-refractivity contribution in [3.63, 3.8) is 0 Å². The summed E-state index contributed by atoms with van der Waals surface area (Å²) >= 11 is 1.10. The number of thioether (sulfide) groups is 1. The Kier molecular flexibility index (Phi) is 9.80. The Morgan fingerprint density at radius 2 is 1.72 bits per heavy atom. The van der Waals surface area contributed by atoms with Crippen LogP contribution in [0.5, 0.6) is 0 Å². The first kappa shape index (κ1) is 28.4. The first-order valence-electron chi connectivity index (χ1n) is 12.6. The van der Waals surface area contributed by atoms with Crippen molar-refractivity contribution in [2.24, 2.45) is 5.73 Å². The highest BCUT2D eigenvalue weighted by molar-refractivity contribution is 7.99. The maximum atomic E-state index is 13.6. The van der Waals surface area contributed by atoms with E-state index in [9.17, 15) is 18.7 Å². The minimum atomic E-state index is -1.13. The summed E-state index contributed by atoms with van der Waals surface area (Å²) in [7, 11) is 0. The molecule has 0 saturated carbocycles. The Bertz CT molecular complexity index is 1370. The number of amides is 1. The lowest BCUT2D eigenvalue weighted by molar-refractivity contribution is -0.130. The molecule has 39 heavy (non-hydrogen) atoms. The molecule has 0 aliphatic heterocycles. The zero-order valence-electron chi connectivity index (χ0n) is 21.5. The van der Waals surface area contributed by atoms with E-state index in [2.05, 4.69) is 10.2 Å². The second-order valence-electron chi connectivity index (χ2n) is 9.19. The van der Waals surface area contributed by atoms with Gasteiger partial charge in [-0.15, -0.1) is 10.2 Å². The van der Waals surface area contributed by atoms with Crippen LogP contribution in [0.25, 0.3) is 11.5 Å². The molecule has 7 nitrogen and oxygen atoms in total. The molecule has 0 radical (unpaired) electrons. The van der Waals surface area contributed by atoms with Crippen molar-refractivity contribution in [1.29, 1.82) is 0 Å². The molecule has 0 fully saturated rings. The van der Waals surface area contributed by atoms with Crippen molar-refractivity contribution < 1.29 is 23.1 Å². The van der Waals surface area contributed by atoms with Gasteiger partial charge in [-0.25, -0.2) is 8.78 Å². The van der Waals surface area contributed by atoms with Gasteiger partial charge in [0.15, 0.2) is 0 Å². The van der Waals surface area contributed by atoms with Crippen LogP contribution in [0.15, 0.2) is 82.4 Å². The number of nitrogens with two attached hydrogens (primary N) is 1. The number of aliphatic hydroxyl groups is 1. The topological polar surface area (TPSA) is 105 Å². The molecule has 2 unspecified atom stereocenters. The first-order chi connectivity index (χ1) is 18.8. The third kappa shape index (κ3) is 8.19. The third-order valence-electron chi connectivity index (χ3n) is 6.17. The Labute approximate surface area is 230 Å². The maximum absolute atomic E-state index is 13.6. The second-order valence-corrected chi connectivity index (χ2v) is 10.1. The number of aromatic nitrogens is 2. The molecule has 1 aromatic heterocycles. The minimum absolute atomic E-state index is 0.000950. The van der Waals surface area contributed by atoms with Crippen molar-refractivity contribution in [3.8, 4) is 11.5 Å². The first-order valence-corrected chi connectivity index (χ1v) is 13.5. The molecule has 0 aliphatic rings. The van der Waals surface area contributed by atoms with Crippen LogP contribution in [0.4, 0.5) is 8.78 Å². The molecule has 3 N–H and O–H groups in total. The Hall–Kier alpha value is -3.60. The third-order valence-corrected chi connectivity index (χ3v) is 6.97. The summed E-state index contributed by atoms with van der Waals surface area (Å²) < 4.78 is 32.9. The predicted molar refractivity (Wildman–Crippen MR) is 146 cm³/mol. The molecule has 1 amide bonds. The Balaban J connectivity index is 1.44. The van der Waals surface area contributed by atoms with Gasteiger partial charge in [0.25, 0.3) is 5.22 Å². The quantitative estimate of drug-likeness (QED) is 0.247. The van der Waals surface area contributed by atoms with E-state index in [1.165, 1.54) is 17.0 Å². The normalized spacial score (nSPS) is 12.7. The van der Waals surface area contributed by atoms with Gasteiger partial charge in [-0.1, -0.05) is 61.2 Å². The molecule has 0 bridgehead atoms. The number of hydrogen-bond acceptors (Lipinski definition) is 7. The summed E-state index contributed by atoms with van der Waals surface area (Å²) in [4.78, 5) is 14.8. The predicted octanol–water partition coefficient (Wildman–Crippen LogP) is 4.63. The SMILES string of the molecule is CCc1cccc(CN(CC(O)C(N)Cc2cc(F)cc(F)c2)C(=O)CSc2nnc(-c3ccccc3)o2)c1. The fourth-order valence-corrected chi connectivity index (χ4v) is 4.77.